The summed E-state index contributed by atoms with van der Waals surface area (Å²) in [5.41, 5.74) is 1.54. The molecule has 0 fully saturated rings. The van der Waals surface area contributed by atoms with Crippen LogP contribution in [0.1, 0.15) is 209 Å². The second-order valence-corrected chi connectivity index (χ2v) is 18.1. The van der Waals surface area contributed by atoms with Crippen molar-refractivity contribution in [3.05, 3.63) is 49.0 Å². The van der Waals surface area contributed by atoms with Crippen molar-refractivity contribution in [3.63, 3.8) is 0 Å². The van der Waals surface area contributed by atoms with Crippen molar-refractivity contribution >= 4 is 0 Å². The van der Waals surface area contributed by atoms with E-state index in [9.17, 15) is 0 Å². The highest BCUT2D eigenvalue weighted by Gasteiger charge is 2.24. The fourth-order valence-corrected chi connectivity index (χ4v) is 7.13. The van der Waals surface area contributed by atoms with Crippen molar-refractivity contribution in [1.82, 2.24) is 4.90 Å². The van der Waals surface area contributed by atoms with Gasteiger partial charge in [-0.1, -0.05) is 176 Å². The Balaban J connectivity index is 4.56. The van der Waals surface area contributed by atoms with E-state index < -0.39 is 0 Å². The lowest BCUT2D eigenvalue weighted by molar-refractivity contribution is 0.133. The number of rotatable bonds is 38. The topological polar surface area (TPSA) is 21.7 Å². The minimum absolute atomic E-state index is 0.0386. The molecular weight excluding hydrogens is 635 g/mol. The van der Waals surface area contributed by atoms with Gasteiger partial charge in [-0.15, -0.1) is 0 Å². The molecule has 0 aliphatic rings. The van der Waals surface area contributed by atoms with Crippen molar-refractivity contribution in [2.75, 3.05) is 33.9 Å². The van der Waals surface area contributed by atoms with Crippen LogP contribution >= 0.6 is 0 Å². The first-order valence-electron chi connectivity index (χ1n) is 22.4. The van der Waals surface area contributed by atoms with Gasteiger partial charge in [-0.25, -0.2) is 0 Å². The van der Waals surface area contributed by atoms with Crippen LogP contribution in [-0.4, -0.2) is 38.8 Å². The lowest BCUT2D eigenvalue weighted by Gasteiger charge is -2.28. The maximum Gasteiger partial charge on any atom is 0.0944 e. The second-order valence-electron chi connectivity index (χ2n) is 18.1. The zero-order valence-corrected chi connectivity index (χ0v) is 37.0. The molecule has 306 valence electrons. The van der Waals surface area contributed by atoms with Crippen molar-refractivity contribution in [3.8, 4) is 0 Å². The summed E-state index contributed by atoms with van der Waals surface area (Å²) in [5, 5.41) is 0. The molecule has 2 atom stereocenters. The molecule has 0 saturated carbocycles. The molecule has 0 rings (SSSR count). The molecule has 0 aliphatic heterocycles. The first kappa shape index (κ1) is 50.5. The smallest absolute Gasteiger partial charge is 0.0944 e. The summed E-state index contributed by atoms with van der Waals surface area (Å²) in [7, 11) is 4.34. The summed E-state index contributed by atoms with van der Waals surface area (Å²) < 4.78 is 12.3. The molecule has 0 heterocycles. The number of allylic oxidation sites excluding steroid dienone is 5. The average Bonchev–Trinajstić information content (AvgIpc) is 3.08. The maximum absolute atomic E-state index is 6.18. The summed E-state index contributed by atoms with van der Waals surface area (Å²) in [5.74, 6) is 3.56. The Labute approximate surface area is 327 Å². The van der Waals surface area contributed by atoms with Crippen LogP contribution < -0.4 is 0 Å². The molecule has 0 aliphatic carbocycles. The number of ether oxygens (including phenoxy) is 2. The Morgan fingerprint density at radius 2 is 1.08 bits per heavy atom. The van der Waals surface area contributed by atoms with E-state index in [1.54, 1.807) is 0 Å². The minimum Gasteiger partial charge on any atom is -0.498 e. The summed E-state index contributed by atoms with van der Waals surface area (Å²) in [4.78, 5) is 2.29. The Bertz CT molecular complexity index is 912. The molecular formula is C49H93NO2. The molecule has 3 nitrogen and oxygen atoms in total. The van der Waals surface area contributed by atoms with Gasteiger partial charge in [0.15, 0.2) is 0 Å². The first-order valence-corrected chi connectivity index (χ1v) is 22.4. The van der Waals surface area contributed by atoms with Gasteiger partial charge >= 0.3 is 0 Å². The quantitative estimate of drug-likeness (QED) is 0.0359. The lowest BCUT2D eigenvalue weighted by atomic mass is 9.83. The predicted octanol–water partition coefficient (Wildman–Crippen LogP) is 15.8. The Hall–Kier alpha value is -1.48. The number of unbranched alkanes of at least 4 members (excludes halogenated alkanes) is 10. The third-order valence-electron chi connectivity index (χ3n) is 11.4. The zero-order chi connectivity index (χ0) is 39.1. The standard InChI is InChI=1S/C49H93NO2/c1-13-15-17-18-19-20-21-29-40-51-45(5)48(7,8)37-27-22-24-35-47(42-44(4)34-31-39-50(11)12)36-25-23-28-38-49(9,10)46(6)52-41-30-26-33-43(3)32-16-14-2/h18-19,43,47H,4-6,13-17,20-42H2,1-3,7-12H3/b19-18-. The van der Waals surface area contributed by atoms with Gasteiger partial charge in [-0.2, -0.15) is 0 Å². The van der Waals surface area contributed by atoms with Gasteiger partial charge < -0.3 is 14.4 Å². The van der Waals surface area contributed by atoms with E-state index >= 15 is 0 Å². The molecule has 0 aromatic carbocycles. The van der Waals surface area contributed by atoms with Crippen LogP contribution in [0.2, 0.25) is 0 Å². The molecule has 0 spiro atoms. The predicted molar refractivity (Wildman–Crippen MR) is 234 cm³/mol. The van der Waals surface area contributed by atoms with Crippen LogP contribution in [0.15, 0.2) is 49.0 Å². The molecule has 0 saturated heterocycles. The zero-order valence-electron chi connectivity index (χ0n) is 37.0. The van der Waals surface area contributed by atoms with Gasteiger partial charge in [0.1, 0.15) is 0 Å². The molecule has 0 radical (unpaired) electrons. The Kier molecular flexibility index (Phi) is 30.9. The fraction of sp³-hybridized carbons (Fsp3) is 0.837. The van der Waals surface area contributed by atoms with Gasteiger partial charge in [0.25, 0.3) is 0 Å². The summed E-state index contributed by atoms with van der Waals surface area (Å²) in [6, 6.07) is 0. The highest BCUT2D eigenvalue weighted by Crippen LogP contribution is 2.35. The van der Waals surface area contributed by atoms with E-state index in [-0.39, 0.29) is 10.8 Å². The molecule has 0 amide bonds. The molecule has 0 N–H and O–H groups in total. The van der Waals surface area contributed by atoms with Gasteiger partial charge in [0.2, 0.25) is 0 Å². The normalized spacial score (nSPS) is 13.5. The van der Waals surface area contributed by atoms with E-state index in [0.717, 1.165) is 81.6 Å². The number of hydrogen-bond donors (Lipinski definition) is 0. The minimum atomic E-state index is 0.0386. The third-order valence-corrected chi connectivity index (χ3v) is 11.4. The lowest BCUT2D eigenvalue weighted by Crippen LogP contribution is -2.17. The maximum atomic E-state index is 6.18. The molecule has 0 aromatic heterocycles. The van der Waals surface area contributed by atoms with Crippen LogP contribution in [0, 0.1) is 22.7 Å². The van der Waals surface area contributed by atoms with Gasteiger partial charge in [0.05, 0.1) is 24.7 Å². The molecule has 52 heavy (non-hydrogen) atoms. The van der Waals surface area contributed by atoms with Gasteiger partial charge in [0, 0.05) is 10.8 Å². The van der Waals surface area contributed by atoms with Crippen LogP contribution in [-0.2, 0) is 9.47 Å². The van der Waals surface area contributed by atoms with E-state index in [4.69, 9.17) is 9.47 Å². The summed E-state index contributed by atoms with van der Waals surface area (Å²) in [6.45, 7) is 32.2. The number of nitrogens with zero attached hydrogens (tertiary/aromatic N) is 1. The highest BCUT2D eigenvalue weighted by molar-refractivity contribution is 5.00. The van der Waals surface area contributed by atoms with Crippen molar-refractivity contribution < 1.29 is 9.47 Å². The first-order chi connectivity index (χ1) is 24.7. The van der Waals surface area contributed by atoms with Crippen molar-refractivity contribution in [2.24, 2.45) is 22.7 Å². The highest BCUT2D eigenvalue weighted by atomic mass is 16.5. The molecule has 0 aromatic rings. The molecule has 0 bridgehead atoms. The number of hydrogen-bond acceptors (Lipinski definition) is 3. The Morgan fingerprint density at radius 3 is 1.60 bits per heavy atom. The summed E-state index contributed by atoms with van der Waals surface area (Å²) in [6.07, 6.45) is 35.9. The van der Waals surface area contributed by atoms with Crippen LogP contribution in [0.4, 0.5) is 0 Å². The van der Waals surface area contributed by atoms with Crippen LogP contribution in [0.3, 0.4) is 0 Å². The SMILES string of the molecule is C=C(CCCN(C)C)CC(CCCCCC(C)(C)C(=C)OCCCC/C=C\CCCC)CCCCCC(C)(C)C(=C)OCCCCC(C)CCCC. The van der Waals surface area contributed by atoms with E-state index in [0.29, 0.717) is 0 Å². The molecule has 3 heteroatoms. The van der Waals surface area contributed by atoms with Crippen LogP contribution in [0.5, 0.6) is 0 Å². The summed E-state index contributed by atoms with van der Waals surface area (Å²) >= 11 is 0. The van der Waals surface area contributed by atoms with E-state index in [1.165, 1.54) is 128 Å². The second kappa shape index (κ2) is 31.8. The Morgan fingerprint density at radius 1 is 0.596 bits per heavy atom. The monoisotopic (exact) mass is 728 g/mol. The van der Waals surface area contributed by atoms with Crippen molar-refractivity contribution in [1.29, 1.82) is 0 Å². The third kappa shape index (κ3) is 28.9. The van der Waals surface area contributed by atoms with E-state index in [1.807, 2.05) is 0 Å². The van der Waals surface area contributed by atoms with Gasteiger partial charge in [-0.05, 0) is 103 Å². The molecule has 2 unspecified atom stereocenters. The van der Waals surface area contributed by atoms with Crippen LogP contribution in [0.25, 0.3) is 0 Å². The largest absolute Gasteiger partial charge is 0.498 e. The van der Waals surface area contributed by atoms with Gasteiger partial charge in [-0.3, -0.25) is 0 Å². The van der Waals surface area contributed by atoms with Crippen molar-refractivity contribution in [2.45, 2.75) is 209 Å². The fourth-order valence-electron chi connectivity index (χ4n) is 7.13. The average molecular weight is 728 g/mol. The van der Waals surface area contributed by atoms with E-state index in [2.05, 4.69) is 99.4 Å².